The molecule has 0 amide bonds. The average Bonchev–Trinajstić information content (AvgIpc) is 2.50. The second-order valence-corrected chi connectivity index (χ2v) is 7.21. The highest BCUT2D eigenvalue weighted by molar-refractivity contribution is 9.10. The molecule has 1 fully saturated rings. The van der Waals surface area contributed by atoms with Crippen molar-refractivity contribution in [3.63, 3.8) is 0 Å². The number of hydrogen-bond acceptors (Lipinski definition) is 3. The van der Waals surface area contributed by atoms with E-state index in [9.17, 15) is 5.11 Å². The van der Waals surface area contributed by atoms with Crippen LogP contribution in [-0.4, -0.2) is 47.6 Å². The summed E-state index contributed by atoms with van der Waals surface area (Å²) in [7, 11) is 0. The first kappa shape index (κ1) is 15.3. The molecule has 3 nitrogen and oxygen atoms in total. The third-order valence-corrected chi connectivity index (χ3v) is 5.39. The maximum Gasteiger partial charge on any atom is 0.130 e. The van der Waals surface area contributed by atoms with Gasteiger partial charge in [0.25, 0.3) is 0 Å². The van der Waals surface area contributed by atoms with Gasteiger partial charge in [0.15, 0.2) is 0 Å². The highest BCUT2D eigenvalue weighted by atomic mass is 79.9. The molecule has 2 heterocycles. The van der Waals surface area contributed by atoms with Crippen LogP contribution in [0.1, 0.15) is 36.8 Å². The number of rotatable bonds is 4. The third kappa shape index (κ3) is 3.99. The van der Waals surface area contributed by atoms with E-state index in [0.29, 0.717) is 5.75 Å². The number of piperidine rings is 1. The van der Waals surface area contributed by atoms with Crippen LogP contribution in [0.25, 0.3) is 0 Å². The summed E-state index contributed by atoms with van der Waals surface area (Å²) in [4.78, 5) is 5.17. The summed E-state index contributed by atoms with van der Waals surface area (Å²) in [5.74, 6) is 0.368. The molecule has 0 aromatic heterocycles. The quantitative estimate of drug-likeness (QED) is 0.899. The molecule has 3 rings (SSSR count). The van der Waals surface area contributed by atoms with Crippen molar-refractivity contribution >= 4 is 15.9 Å². The number of aromatic hydroxyl groups is 1. The summed E-state index contributed by atoms with van der Waals surface area (Å²) < 4.78 is 0.816. The molecule has 1 N–H and O–H groups in total. The summed E-state index contributed by atoms with van der Waals surface area (Å²) in [6, 6.07) is 4.01. The molecule has 1 aromatic rings. The van der Waals surface area contributed by atoms with Gasteiger partial charge in [0, 0.05) is 13.1 Å². The Bertz CT molecular complexity index is 486. The topological polar surface area (TPSA) is 26.7 Å². The van der Waals surface area contributed by atoms with Crippen molar-refractivity contribution in [3.8, 4) is 5.75 Å². The van der Waals surface area contributed by atoms with E-state index in [1.807, 2.05) is 6.07 Å². The number of benzene rings is 1. The summed E-state index contributed by atoms with van der Waals surface area (Å²) >= 11 is 3.42. The first-order valence-corrected chi connectivity index (χ1v) is 8.96. The van der Waals surface area contributed by atoms with Crippen LogP contribution >= 0.6 is 15.9 Å². The lowest BCUT2D eigenvalue weighted by Gasteiger charge is -2.31. The predicted octanol–water partition coefficient (Wildman–Crippen LogP) is 3.39. The Labute approximate surface area is 136 Å². The van der Waals surface area contributed by atoms with Gasteiger partial charge in [-0.25, -0.2) is 0 Å². The highest BCUT2D eigenvalue weighted by Crippen LogP contribution is 2.30. The number of fused-ring (bicyclic) bond motifs is 1. The molecule has 1 aromatic carbocycles. The van der Waals surface area contributed by atoms with Crippen LogP contribution in [0, 0.1) is 0 Å². The van der Waals surface area contributed by atoms with Crippen LogP contribution in [0.5, 0.6) is 5.75 Å². The van der Waals surface area contributed by atoms with Crippen LogP contribution < -0.4 is 0 Å². The van der Waals surface area contributed by atoms with Crippen molar-refractivity contribution in [3.05, 3.63) is 27.7 Å². The molecular formula is C17H25BrN2O. The van der Waals surface area contributed by atoms with Crippen LogP contribution in [0.15, 0.2) is 16.6 Å². The van der Waals surface area contributed by atoms with Gasteiger partial charge in [0.1, 0.15) is 5.75 Å². The van der Waals surface area contributed by atoms with Gasteiger partial charge in [-0.05, 0) is 91.1 Å². The van der Waals surface area contributed by atoms with Crippen molar-refractivity contribution < 1.29 is 5.11 Å². The Morgan fingerprint density at radius 2 is 1.71 bits per heavy atom. The van der Waals surface area contributed by atoms with Crippen LogP contribution in [0.4, 0.5) is 0 Å². The van der Waals surface area contributed by atoms with Crippen molar-refractivity contribution in [2.45, 2.75) is 38.6 Å². The van der Waals surface area contributed by atoms with Crippen molar-refractivity contribution in [1.29, 1.82) is 0 Å². The molecule has 0 atom stereocenters. The summed E-state index contributed by atoms with van der Waals surface area (Å²) in [6.45, 7) is 7.18. The smallest absolute Gasteiger partial charge is 0.130 e. The van der Waals surface area contributed by atoms with Gasteiger partial charge in [-0.3, -0.25) is 4.90 Å². The fourth-order valence-electron chi connectivity index (χ4n) is 3.52. The Morgan fingerprint density at radius 1 is 0.952 bits per heavy atom. The van der Waals surface area contributed by atoms with Gasteiger partial charge < -0.3 is 10.0 Å². The van der Waals surface area contributed by atoms with Gasteiger partial charge in [0.2, 0.25) is 0 Å². The molecule has 0 bridgehead atoms. The standard InChI is InChI=1S/C17H25BrN2O/c18-16-11-15-13-20(10-5-14(15)12-17(16)21)9-4-8-19-6-2-1-3-7-19/h11-12,21H,1-10,13H2. The molecule has 0 unspecified atom stereocenters. The first-order chi connectivity index (χ1) is 10.2. The number of phenolic OH excluding ortho intramolecular Hbond substituents is 1. The van der Waals surface area contributed by atoms with Crippen LogP contribution in [-0.2, 0) is 13.0 Å². The van der Waals surface area contributed by atoms with E-state index < -0.39 is 0 Å². The monoisotopic (exact) mass is 352 g/mol. The first-order valence-electron chi connectivity index (χ1n) is 8.17. The van der Waals surface area contributed by atoms with Crippen molar-refractivity contribution in [2.24, 2.45) is 0 Å². The van der Waals surface area contributed by atoms with Crippen molar-refractivity contribution in [1.82, 2.24) is 9.80 Å². The van der Waals surface area contributed by atoms with Gasteiger partial charge in [0.05, 0.1) is 4.47 Å². The van der Waals surface area contributed by atoms with E-state index in [0.717, 1.165) is 24.0 Å². The second kappa shape index (κ2) is 7.12. The van der Waals surface area contributed by atoms with E-state index in [-0.39, 0.29) is 0 Å². The lowest BCUT2D eigenvalue weighted by atomic mass is 9.99. The van der Waals surface area contributed by atoms with E-state index in [2.05, 4.69) is 31.8 Å². The van der Waals surface area contributed by atoms with Crippen LogP contribution in [0.3, 0.4) is 0 Å². The average molecular weight is 353 g/mol. The lowest BCUT2D eigenvalue weighted by Crippen LogP contribution is -2.35. The molecule has 21 heavy (non-hydrogen) atoms. The molecule has 1 saturated heterocycles. The maximum atomic E-state index is 9.76. The number of phenols is 1. The minimum Gasteiger partial charge on any atom is -0.507 e. The zero-order chi connectivity index (χ0) is 14.7. The fraction of sp³-hybridized carbons (Fsp3) is 0.647. The molecule has 0 radical (unpaired) electrons. The van der Waals surface area contributed by atoms with Gasteiger partial charge in [-0.15, -0.1) is 0 Å². The largest absolute Gasteiger partial charge is 0.507 e. The molecule has 0 aliphatic carbocycles. The normalized spacial score (nSPS) is 20.4. The molecule has 4 heteroatoms. The van der Waals surface area contributed by atoms with Crippen LogP contribution in [0.2, 0.25) is 0 Å². The molecule has 2 aliphatic heterocycles. The molecule has 2 aliphatic rings. The zero-order valence-corrected chi connectivity index (χ0v) is 14.2. The zero-order valence-electron chi connectivity index (χ0n) is 12.7. The SMILES string of the molecule is Oc1cc2c(cc1Br)CN(CCCN1CCCCC1)CC2. The minimum absolute atomic E-state index is 0.368. The molecule has 0 spiro atoms. The van der Waals surface area contributed by atoms with Gasteiger partial charge in [-0.2, -0.15) is 0 Å². The lowest BCUT2D eigenvalue weighted by molar-refractivity contribution is 0.196. The van der Waals surface area contributed by atoms with Gasteiger partial charge >= 0.3 is 0 Å². The molecular weight excluding hydrogens is 328 g/mol. The number of halogens is 1. The third-order valence-electron chi connectivity index (χ3n) is 4.76. The Balaban J connectivity index is 1.48. The second-order valence-electron chi connectivity index (χ2n) is 6.35. The minimum atomic E-state index is 0.368. The Hall–Kier alpha value is -0.580. The van der Waals surface area contributed by atoms with E-state index in [1.165, 1.54) is 63.0 Å². The predicted molar refractivity (Wildman–Crippen MR) is 89.7 cm³/mol. The fourth-order valence-corrected chi connectivity index (χ4v) is 3.91. The Kier molecular flexibility index (Phi) is 5.19. The van der Waals surface area contributed by atoms with E-state index in [4.69, 9.17) is 0 Å². The molecule has 0 saturated carbocycles. The summed E-state index contributed by atoms with van der Waals surface area (Å²) in [5.41, 5.74) is 2.67. The molecule has 116 valence electrons. The number of nitrogens with zero attached hydrogens (tertiary/aromatic N) is 2. The van der Waals surface area contributed by atoms with E-state index >= 15 is 0 Å². The Morgan fingerprint density at radius 3 is 2.52 bits per heavy atom. The highest BCUT2D eigenvalue weighted by Gasteiger charge is 2.18. The van der Waals surface area contributed by atoms with Crippen molar-refractivity contribution in [2.75, 3.05) is 32.7 Å². The number of hydrogen-bond donors (Lipinski definition) is 1. The number of likely N-dealkylation sites (tertiary alicyclic amines) is 1. The van der Waals surface area contributed by atoms with Gasteiger partial charge in [-0.1, -0.05) is 6.42 Å². The van der Waals surface area contributed by atoms with E-state index in [1.54, 1.807) is 0 Å². The summed E-state index contributed by atoms with van der Waals surface area (Å²) in [5, 5.41) is 9.76. The summed E-state index contributed by atoms with van der Waals surface area (Å²) in [6.07, 6.45) is 6.51. The maximum absolute atomic E-state index is 9.76.